The van der Waals surface area contributed by atoms with E-state index >= 15 is 0 Å². The van der Waals surface area contributed by atoms with Gasteiger partial charge in [-0.2, -0.15) is 4.31 Å². The lowest BCUT2D eigenvalue weighted by atomic mass is 9.86. The van der Waals surface area contributed by atoms with Gasteiger partial charge in [-0.25, -0.2) is 13.4 Å². The van der Waals surface area contributed by atoms with Crippen molar-refractivity contribution in [1.82, 2.24) is 9.29 Å². The molecule has 1 aliphatic heterocycles. The van der Waals surface area contributed by atoms with E-state index in [9.17, 15) is 8.42 Å². The van der Waals surface area contributed by atoms with Gasteiger partial charge in [-0.05, 0) is 28.8 Å². The summed E-state index contributed by atoms with van der Waals surface area (Å²) in [5.74, 6) is 0.736. The van der Waals surface area contributed by atoms with Gasteiger partial charge in [0, 0.05) is 39.3 Å². The highest BCUT2D eigenvalue weighted by atomic mass is 32.2. The second kappa shape index (κ2) is 7.37. The predicted octanol–water partition coefficient (Wildman–Crippen LogP) is 3.48. The normalized spacial score (nSPS) is 17.1. The fourth-order valence-electron chi connectivity index (χ4n) is 3.67. The Morgan fingerprint density at radius 1 is 0.964 bits per heavy atom. The molecule has 1 atom stereocenters. The monoisotopic (exact) mass is 393 g/mol. The molecule has 2 aromatic carbocycles. The van der Waals surface area contributed by atoms with Crippen LogP contribution in [0.4, 0.5) is 5.82 Å². The van der Waals surface area contributed by atoms with E-state index in [4.69, 9.17) is 0 Å². The highest BCUT2D eigenvalue weighted by Gasteiger charge is 2.34. The van der Waals surface area contributed by atoms with Gasteiger partial charge in [0.25, 0.3) is 0 Å². The summed E-state index contributed by atoms with van der Waals surface area (Å²) in [7, 11) is 0.119. The van der Waals surface area contributed by atoms with Crippen LogP contribution in [-0.2, 0) is 16.6 Å². The molecule has 1 aliphatic rings. The van der Waals surface area contributed by atoms with Gasteiger partial charge in [0.1, 0.15) is 10.7 Å². The molecule has 0 saturated carbocycles. The Bertz CT molecular complexity index is 1060. The van der Waals surface area contributed by atoms with Crippen molar-refractivity contribution in [3.8, 4) is 0 Å². The molecule has 1 unspecified atom stereocenters. The van der Waals surface area contributed by atoms with Gasteiger partial charge in [0.2, 0.25) is 10.0 Å². The summed E-state index contributed by atoms with van der Waals surface area (Å²) in [6.45, 7) is 0.788. The van der Waals surface area contributed by atoms with Crippen LogP contribution in [0.5, 0.6) is 0 Å². The van der Waals surface area contributed by atoms with Crippen LogP contribution in [0.3, 0.4) is 0 Å². The first-order valence-corrected chi connectivity index (χ1v) is 10.7. The largest absolute Gasteiger partial charge is 0.363 e. The lowest BCUT2D eigenvalue weighted by molar-refractivity contribution is 0.371. The van der Waals surface area contributed by atoms with Crippen LogP contribution in [0, 0.1) is 0 Å². The zero-order chi connectivity index (χ0) is 19.7. The summed E-state index contributed by atoms with van der Waals surface area (Å²) in [4.78, 5) is 6.35. The molecule has 0 aliphatic carbocycles. The van der Waals surface area contributed by atoms with E-state index in [1.165, 1.54) is 11.8 Å². The summed E-state index contributed by atoms with van der Waals surface area (Å²) in [5, 5.41) is 0. The highest BCUT2D eigenvalue weighted by molar-refractivity contribution is 7.89. The molecule has 0 saturated heterocycles. The SMILES string of the molecule is CN(C)c1ccc(S(=O)(=O)N2Cc3ccccc3C(c3ccccc3)C2)cn1. The number of hydrogen-bond donors (Lipinski definition) is 0. The van der Waals surface area contributed by atoms with Crippen LogP contribution in [0.25, 0.3) is 0 Å². The van der Waals surface area contributed by atoms with Gasteiger partial charge in [0.05, 0.1) is 0 Å². The van der Waals surface area contributed by atoms with E-state index in [1.54, 1.807) is 16.4 Å². The molecule has 0 radical (unpaired) electrons. The maximum Gasteiger partial charge on any atom is 0.244 e. The average molecular weight is 394 g/mol. The maximum absolute atomic E-state index is 13.3. The number of benzene rings is 2. The van der Waals surface area contributed by atoms with Crippen LogP contribution < -0.4 is 4.90 Å². The number of anilines is 1. The van der Waals surface area contributed by atoms with Crippen molar-refractivity contribution in [2.75, 3.05) is 25.5 Å². The Morgan fingerprint density at radius 3 is 2.36 bits per heavy atom. The second-order valence-electron chi connectivity index (χ2n) is 7.21. The van der Waals surface area contributed by atoms with E-state index in [0.717, 1.165) is 16.9 Å². The second-order valence-corrected chi connectivity index (χ2v) is 9.14. The van der Waals surface area contributed by atoms with Crippen molar-refractivity contribution in [3.05, 3.63) is 89.6 Å². The van der Waals surface area contributed by atoms with Crippen molar-refractivity contribution in [3.63, 3.8) is 0 Å². The summed E-state index contributed by atoms with van der Waals surface area (Å²) in [6.07, 6.45) is 1.45. The first-order chi connectivity index (χ1) is 13.5. The lowest BCUT2D eigenvalue weighted by Gasteiger charge is -2.34. The zero-order valence-electron chi connectivity index (χ0n) is 16.0. The molecule has 6 heteroatoms. The predicted molar refractivity (Wildman–Crippen MR) is 111 cm³/mol. The van der Waals surface area contributed by atoms with E-state index < -0.39 is 10.0 Å². The maximum atomic E-state index is 13.3. The minimum absolute atomic E-state index is 0.00920. The van der Waals surface area contributed by atoms with Gasteiger partial charge in [-0.1, -0.05) is 54.6 Å². The Balaban J connectivity index is 1.72. The number of fused-ring (bicyclic) bond motifs is 1. The minimum Gasteiger partial charge on any atom is -0.363 e. The molecule has 2 heterocycles. The van der Waals surface area contributed by atoms with E-state index in [1.807, 2.05) is 55.4 Å². The first kappa shape index (κ1) is 18.7. The Hall–Kier alpha value is -2.70. The molecule has 3 aromatic rings. The third-order valence-electron chi connectivity index (χ3n) is 5.18. The van der Waals surface area contributed by atoms with Crippen LogP contribution in [0.15, 0.2) is 77.8 Å². The molecule has 5 nitrogen and oxygen atoms in total. The zero-order valence-corrected chi connectivity index (χ0v) is 16.8. The summed E-state index contributed by atoms with van der Waals surface area (Å²) >= 11 is 0. The van der Waals surface area contributed by atoms with Crippen molar-refractivity contribution in [2.24, 2.45) is 0 Å². The van der Waals surface area contributed by atoms with Crippen LogP contribution >= 0.6 is 0 Å². The molecule has 0 N–H and O–H groups in total. The average Bonchev–Trinajstić information content (AvgIpc) is 2.73. The van der Waals surface area contributed by atoms with Crippen molar-refractivity contribution < 1.29 is 8.42 Å². The van der Waals surface area contributed by atoms with Gasteiger partial charge >= 0.3 is 0 Å². The Labute approximate surface area is 166 Å². The van der Waals surface area contributed by atoms with Crippen molar-refractivity contribution in [2.45, 2.75) is 17.4 Å². The number of sulfonamides is 1. The molecule has 144 valence electrons. The third kappa shape index (κ3) is 3.41. The number of hydrogen-bond acceptors (Lipinski definition) is 4. The fourth-order valence-corrected chi connectivity index (χ4v) is 5.05. The van der Waals surface area contributed by atoms with Crippen LogP contribution in [-0.4, -0.2) is 38.3 Å². The van der Waals surface area contributed by atoms with E-state index in [-0.39, 0.29) is 10.8 Å². The molecule has 0 amide bonds. The molecular weight excluding hydrogens is 370 g/mol. The molecular formula is C22H23N3O2S. The smallest absolute Gasteiger partial charge is 0.244 e. The third-order valence-corrected chi connectivity index (χ3v) is 6.98. The molecule has 0 bridgehead atoms. The molecule has 4 rings (SSSR count). The number of aromatic nitrogens is 1. The summed E-state index contributed by atoms with van der Waals surface area (Å²) < 4.78 is 28.2. The van der Waals surface area contributed by atoms with Gasteiger partial charge in [-0.15, -0.1) is 0 Å². The highest BCUT2D eigenvalue weighted by Crippen LogP contribution is 2.35. The van der Waals surface area contributed by atoms with E-state index in [2.05, 4.69) is 23.2 Å². The number of pyridine rings is 1. The number of rotatable bonds is 4. The molecule has 0 fully saturated rings. The Morgan fingerprint density at radius 2 is 1.68 bits per heavy atom. The molecule has 1 aromatic heterocycles. The molecule has 28 heavy (non-hydrogen) atoms. The molecule has 0 spiro atoms. The quantitative estimate of drug-likeness (QED) is 0.681. The van der Waals surface area contributed by atoms with Gasteiger partial charge in [-0.3, -0.25) is 0 Å². The van der Waals surface area contributed by atoms with Gasteiger partial charge < -0.3 is 4.90 Å². The van der Waals surface area contributed by atoms with Crippen molar-refractivity contribution >= 4 is 15.8 Å². The minimum atomic E-state index is -3.64. The first-order valence-electron chi connectivity index (χ1n) is 9.23. The van der Waals surface area contributed by atoms with E-state index in [0.29, 0.717) is 13.1 Å². The van der Waals surface area contributed by atoms with Crippen LogP contribution in [0.2, 0.25) is 0 Å². The van der Waals surface area contributed by atoms with Crippen LogP contribution in [0.1, 0.15) is 22.6 Å². The topological polar surface area (TPSA) is 53.5 Å². The van der Waals surface area contributed by atoms with Crippen molar-refractivity contribution in [1.29, 1.82) is 0 Å². The standard InChI is InChI=1S/C22H23N3O2S/c1-24(2)22-13-12-19(14-23-22)28(26,27)25-15-18-10-6-7-11-20(18)21(16-25)17-8-4-3-5-9-17/h3-14,21H,15-16H2,1-2H3. The Kier molecular flexibility index (Phi) is 4.91. The fraction of sp³-hybridized carbons (Fsp3) is 0.227. The summed E-state index contributed by atoms with van der Waals surface area (Å²) in [6, 6.07) is 21.6. The summed E-state index contributed by atoms with van der Waals surface area (Å²) in [5.41, 5.74) is 3.36. The number of nitrogens with zero attached hydrogens (tertiary/aromatic N) is 3. The van der Waals surface area contributed by atoms with Gasteiger partial charge in [0.15, 0.2) is 0 Å². The lowest BCUT2D eigenvalue weighted by Crippen LogP contribution is -2.38.